The van der Waals surface area contributed by atoms with Crippen LogP contribution in [0.1, 0.15) is 21.6 Å². The largest absolute Gasteiger partial charge is 0.352 e. The number of hydrogen-bond acceptors (Lipinski definition) is 4. The van der Waals surface area contributed by atoms with E-state index in [4.69, 9.17) is 0 Å². The Kier molecular flexibility index (Phi) is 5.84. The van der Waals surface area contributed by atoms with Gasteiger partial charge >= 0.3 is 5.69 Å². The Hall–Kier alpha value is -4.26. The fraction of sp³-hybridized carbons (Fsp3) is 0.0833. The molecule has 0 aliphatic carbocycles. The van der Waals surface area contributed by atoms with Gasteiger partial charge in [-0.2, -0.15) is 9.78 Å². The van der Waals surface area contributed by atoms with E-state index in [-0.39, 0.29) is 18.8 Å². The van der Waals surface area contributed by atoms with Crippen LogP contribution in [0.4, 0.5) is 0 Å². The highest BCUT2D eigenvalue weighted by Crippen LogP contribution is 2.04. The Bertz CT molecular complexity index is 1300. The molecule has 3 aromatic carbocycles. The minimum Gasteiger partial charge on any atom is -0.346 e. The second kappa shape index (κ2) is 9.04. The lowest BCUT2D eigenvalue weighted by Crippen LogP contribution is -2.46. The number of nitrogens with one attached hydrogen (secondary N) is 1. The second-order valence-electron chi connectivity index (χ2n) is 6.92. The van der Waals surface area contributed by atoms with Gasteiger partial charge in [0.2, 0.25) is 5.69 Å². The predicted octanol–water partition coefficient (Wildman–Crippen LogP) is 2.37. The molecule has 154 valence electrons. The summed E-state index contributed by atoms with van der Waals surface area (Å²) in [4.78, 5) is 39.0. The summed E-state index contributed by atoms with van der Waals surface area (Å²) in [6.07, 6.45) is 0. The topological polar surface area (TPSA) is 86.0 Å². The number of aromatic nitrogens is 3. The summed E-state index contributed by atoms with van der Waals surface area (Å²) in [6, 6.07) is 27.2. The zero-order valence-corrected chi connectivity index (χ0v) is 16.6. The van der Waals surface area contributed by atoms with Gasteiger partial charge < -0.3 is 5.32 Å². The van der Waals surface area contributed by atoms with Crippen LogP contribution in [-0.2, 0) is 13.1 Å². The number of hydrogen-bond donors (Lipinski definition) is 1. The van der Waals surface area contributed by atoms with Gasteiger partial charge in [-0.05, 0) is 23.3 Å². The maximum absolute atomic E-state index is 13.1. The average molecular weight is 412 g/mol. The fourth-order valence-corrected chi connectivity index (χ4v) is 3.16. The van der Waals surface area contributed by atoms with Crippen molar-refractivity contribution in [3.05, 3.63) is 129 Å². The first-order valence-corrected chi connectivity index (χ1v) is 9.79. The molecule has 1 heterocycles. The van der Waals surface area contributed by atoms with Gasteiger partial charge in [0.15, 0.2) is 0 Å². The molecule has 1 aromatic heterocycles. The molecule has 0 atom stereocenters. The first-order chi connectivity index (χ1) is 15.1. The van der Waals surface area contributed by atoms with Gasteiger partial charge in [0.1, 0.15) is 0 Å². The number of amides is 1. The van der Waals surface area contributed by atoms with Crippen molar-refractivity contribution in [2.45, 2.75) is 13.1 Å². The molecule has 1 amide bonds. The van der Waals surface area contributed by atoms with E-state index in [1.165, 1.54) is 0 Å². The summed E-state index contributed by atoms with van der Waals surface area (Å²) in [5, 5.41) is 6.83. The Labute approximate surface area is 178 Å². The SMILES string of the molecule is O=C(NCc1ccccc1)c1nn(-c2ccccc2)c(=O)n(Cc2ccccc2)c1=O. The normalized spacial score (nSPS) is 10.6. The van der Waals surface area contributed by atoms with Gasteiger partial charge in [-0.3, -0.25) is 14.2 Å². The van der Waals surface area contributed by atoms with Crippen LogP contribution in [0.5, 0.6) is 0 Å². The zero-order valence-electron chi connectivity index (χ0n) is 16.6. The molecule has 0 saturated carbocycles. The van der Waals surface area contributed by atoms with E-state index < -0.39 is 17.2 Å². The number of rotatable bonds is 6. The van der Waals surface area contributed by atoms with Crippen molar-refractivity contribution in [2.24, 2.45) is 0 Å². The van der Waals surface area contributed by atoms with Gasteiger partial charge in [-0.25, -0.2) is 4.79 Å². The van der Waals surface area contributed by atoms with Crippen LogP contribution >= 0.6 is 0 Å². The van der Waals surface area contributed by atoms with E-state index in [2.05, 4.69) is 10.4 Å². The van der Waals surface area contributed by atoms with Crippen molar-refractivity contribution in [3.63, 3.8) is 0 Å². The zero-order chi connectivity index (χ0) is 21.6. The first-order valence-electron chi connectivity index (χ1n) is 9.79. The van der Waals surface area contributed by atoms with Crippen LogP contribution in [-0.4, -0.2) is 20.3 Å². The third kappa shape index (κ3) is 4.51. The van der Waals surface area contributed by atoms with Crippen LogP contribution < -0.4 is 16.6 Å². The number of carbonyl (C=O) groups excluding carboxylic acids is 1. The van der Waals surface area contributed by atoms with E-state index in [0.29, 0.717) is 5.69 Å². The first kappa shape index (κ1) is 20.0. The standard InChI is InChI=1S/C24H20N4O3/c29-22(25-16-18-10-4-1-5-11-18)21-23(30)27(17-19-12-6-2-7-13-19)24(31)28(26-21)20-14-8-3-9-15-20/h1-15H,16-17H2,(H,25,29). The molecule has 0 radical (unpaired) electrons. The molecule has 7 nitrogen and oxygen atoms in total. The van der Waals surface area contributed by atoms with Crippen molar-refractivity contribution in [1.29, 1.82) is 0 Å². The highest BCUT2D eigenvalue weighted by atomic mass is 16.2. The molecule has 0 bridgehead atoms. The summed E-state index contributed by atoms with van der Waals surface area (Å²) < 4.78 is 2.12. The Morgan fingerprint density at radius 1 is 0.774 bits per heavy atom. The monoisotopic (exact) mass is 412 g/mol. The molecule has 7 heteroatoms. The van der Waals surface area contributed by atoms with E-state index in [0.717, 1.165) is 20.4 Å². The molecular weight excluding hydrogens is 392 g/mol. The maximum Gasteiger partial charge on any atom is 0.352 e. The summed E-state index contributed by atoms with van der Waals surface area (Å²) in [5.74, 6) is -0.639. The van der Waals surface area contributed by atoms with Gasteiger partial charge in [0.25, 0.3) is 11.5 Å². The fourth-order valence-electron chi connectivity index (χ4n) is 3.16. The quantitative estimate of drug-likeness (QED) is 0.527. The van der Waals surface area contributed by atoms with Crippen molar-refractivity contribution >= 4 is 5.91 Å². The van der Waals surface area contributed by atoms with Crippen LogP contribution in [0.3, 0.4) is 0 Å². The van der Waals surface area contributed by atoms with Gasteiger partial charge in [0, 0.05) is 6.54 Å². The highest BCUT2D eigenvalue weighted by molar-refractivity contribution is 5.91. The molecule has 4 rings (SSSR count). The Morgan fingerprint density at radius 2 is 1.32 bits per heavy atom. The summed E-state index contributed by atoms with van der Waals surface area (Å²) in [5.41, 5.74) is 0.438. The van der Waals surface area contributed by atoms with Gasteiger partial charge in [0.05, 0.1) is 12.2 Å². The second-order valence-corrected chi connectivity index (χ2v) is 6.92. The van der Waals surface area contributed by atoms with E-state index >= 15 is 0 Å². The average Bonchev–Trinajstić information content (AvgIpc) is 2.82. The third-order valence-corrected chi connectivity index (χ3v) is 4.76. The van der Waals surface area contributed by atoms with Gasteiger partial charge in [-0.1, -0.05) is 78.9 Å². The molecule has 0 unspecified atom stereocenters. The van der Waals surface area contributed by atoms with Crippen LogP contribution in [0, 0.1) is 0 Å². The lowest BCUT2D eigenvalue weighted by molar-refractivity contribution is 0.0941. The summed E-state index contributed by atoms with van der Waals surface area (Å²) in [7, 11) is 0. The van der Waals surface area contributed by atoms with Crippen molar-refractivity contribution in [3.8, 4) is 5.69 Å². The molecule has 0 saturated heterocycles. The Morgan fingerprint density at radius 3 is 1.94 bits per heavy atom. The van der Waals surface area contributed by atoms with Crippen molar-refractivity contribution < 1.29 is 4.79 Å². The predicted molar refractivity (Wildman–Crippen MR) is 117 cm³/mol. The lowest BCUT2D eigenvalue weighted by Gasteiger charge is -2.12. The van der Waals surface area contributed by atoms with Crippen LogP contribution in [0.15, 0.2) is 101 Å². The van der Waals surface area contributed by atoms with E-state index in [1.807, 2.05) is 66.7 Å². The number of nitrogens with zero attached hydrogens (tertiary/aromatic N) is 3. The number of carbonyl (C=O) groups is 1. The lowest BCUT2D eigenvalue weighted by atomic mass is 10.2. The summed E-state index contributed by atoms with van der Waals surface area (Å²) >= 11 is 0. The molecule has 0 spiro atoms. The number of para-hydroxylation sites is 1. The van der Waals surface area contributed by atoms with Crippen LogP contribution in [0.2, 0.25) is 0 Å². The van der Waals surface area contributed by atoms with Gasteiger partial charge in [-0.15, -0.1) is 0 Å². The Balaban J connectivity index is 1.76. The molecule has 0 fully saturated rings. The molecule has 1 N–H and O–H groups in total. The maximum atomic E-state index is 13.1. The van der Waals surface area contributed by atoms with E-state index in [1.54, 1.807) is 24.3 Å². The highest BCUT2D eigenvalue weighted by Gasteiger charge is 2.20. The number of benzene rings is 3. The molecule has 0 aliphatic heterocycles. The van der Waals surface area contributed by atoms with E-state index in [9.17, 15) is 14.4 Å². The minimum atomic E-state index is -0.730. The van der Waals surface area contributed by atoms with Crippen molar-refractivity contribution in [2.75, 3.05) is 0 Å². The molecule has 4 aromatic rings. The molecule has 31 heavy (non-hydrogen) atoms. The van der Waals surface area contributed by atoms with Crippen molar-refractivity contribution in [1.82, 2.24) is 19.7 Å². The molecule has 0 aliphatic rings. The summed E-state index contributed by atoms with van der Waals surface area (Å²) in [6.45, 7) is 0.275. The third-order valence-electron chi connectivity index (χ3n) is 4.76. The van der Waals surface area contributed by atoms with Crippen LogP contribution in [0.25, 0.3) is 5.69 Å². The molecular formula is C24H20N4O3. The minimum absolute atomic E-state index is 0.0345. The smallest absolute Gasteiger partial charge is 0.346 e.